The fourth-order valence-corrected chi connectivity index (χ4v) is 5.91. The van der Waals surface area contributed by atoms with Crippen molar-refractivity contribution in [3.8, 4) is 0 Å². The van der Waals surface area contributed by atoms with Crippen LogP contribution in [0.5, 0.6) is 0 Å². The maximum Gasteiger partial charge on any atom is 0.490 e. The highest BCUT2D eigenvalue weighted by molar-refractivity contribution is 7.92. The van der Waals surface area contributed by atoms with Gasteiger partial charge in [0.05, 0.1) is 11.0 Å². The van der Waals surface area contributed by atoms with Crippen LogP contribution >= 0.6 is 0 Å². The van der Waals surface area contributed by atoms with Gasteiger partial charge in [0.1, 0.15) is 0 Å². The summed E-state index contributed by atoms with van der Waals surface area (Å²) in [6.07, 6.45) is -3.74. The molecule has 1 aromatic carbocycles. The van der Waals surface area contributed by atoms with Gasteiger partial charge in [0.25, 0.3) is 0 Å². The van der Waals surface area contributed by atoms with Gasteiger partial charge >= 0.3 is 12.1 Å². The number of rotatable bonds is 2. The lowest BCUT2D eigenvalue weighted by Gasteiger charge is -2.39. The van der Waals surface area contributed by atoms with Crippen LogP contribution in [-0.2, 0) is 26.0 Å². The first-order chi connectivity index (χ1) is 14.3. The Hall–Kier alpha value is -2.14. The number of hydrogen-bond acceptors (Lipinski definition) is 5. The van der Waals surface area contributed by atoms with Crippen LogP contribution in [0.2, 0.25) is 0 Å². The molecule has 11 heteroatoms. The number of nitrogens with zero attached hydrogens (tertiary/aromatic N) is 2. The average Bonchev–Trinajstić information content (AvgIpc) is 2.87. The number of carboxylic acid groups (broad SMARTS) is 1. The molecule has 174 valence electrons. The maximum absolute atomic E-state index is 12.5. The molecule has 1 N–H and O–H groups in total. The summed E-state index contributed by atoms with van der Waals surface area (Å²) in [5.41, 5.74) is 2.49. The van der Waals surface area contributed by atoms with E-state index < -0.39 is 27.2 Å². The zero-order chi connectivity index (χ0) is 23.4. The van der Waals surface area contributed by atoms with Crippen LogP contribution in [0.1, 0.15) is 30.9 Å². The Bertz CT molecular complexity index is 887. The van der Waals surface area contributed by atoms with Crippen molar-refractivity contribution in [3.63, 3.8) is 0 Å². The van der Waals surface area contributed by atoms with E-state index in [1.807, 2.05) is 0 Å². The van der Waals surface area contributed by atoms with Gasteiger partial charge < -0.3 is 10.0 Å². The average molecular weight is 465 g/mol. The van der Waals surface area contributed by atoms with Crippen LogP contribution in [0, 0.1) is 6.92 Å². The summed E-state index contributed by atoms with van der Waals surface area (Å²) in [7, 11) is -3.10. The van der Waals surface area contributed by atoms with Gasteiger partial charge in [-0.2, -0.15) is 13.2 Å². The number of halogens is 3. The number of carbonyl (C=O) groups is 2. The monoisotopic (exact) mass is 464 g/mol. The van der Waals surface area contributed by atoms with Crippen molar-refractivity contribution in [1.29, 1.82) is 0 Å². The Morgan fingerprint density at radius 1 is 1.10 bits per heavy atom. The molecular formula is C20H27F3N2O5S. The predicted molar refractivity (Wildman–Crippen MR) is 108 cm³/mol. The van der Waals surface area contributed by atoms with Gasteiger partial charge in [-0.15, -0.1) is 0 Å². The molecule has 0 aromatic heterocycles. The third-order valence-corrected chi connectivity index (χ3v) is 7.78. The maximum atomic E-state index is 12.5. The van der Waals surface area contributed by atoms with Crippen molar-refractivity contribution in [2.75, 3.05) is 25.4 Å². The largest absolute Gasteiger partial charge is 0.490 e. The number of carbonyl (C=O) groups excluding carboxylic acids is 1. The number of alkyl halides is 3. The molecule has 0 saturated carbocycles. The summed E-state index contributed by atoms with van der Waals surface area (Å²) < 4.78 is 56.7. The number of aryl methyl sites for hydroxylation is 1. The van der Waals surface area contributed by atoms with Gasteiger partial charge in [-0.05, 0) is 31.9 Å². The quantitative estimate of drug-likeness (QED) is 0.722. The van der Waals surface area contributed by atoms with E-state index >= 15 is 0 Å². The lowest BCUT2D eigenvalue weighted by atomic mass is 10.1. The zero-order valence-electron chi connectivity index (χ0n) is 17.4. The van der Waals surface area contributed by atoms with E-state index in [9.17, 15) is 26.4 Å². The van der Waals surface area contributed by atoms with Gasteiger partial charge in [-0.1, -0.05) is 29.8 Å². The van der Waals surface area contributed by atoms with Crippen LogP contribution < -0.4 is 0 Å². The van der Waals surface area contributed by atoms with Crippen molar-refractivity contribution in [2.45, 2.75) is 50.7 Å². The number of hydrogen-bond donors (Lipinski definition) is 1. The van der Waals surface area contributed by atoms with Crippen molar-refractivity contribution < 1.29 is 36.3 Å². The molecule has 2 aliphatic rings. The number of likely N-dealkylation sites (tertiary alicyclic amines) is 1. The highest BCUT2D eigenvalue weighted by Gasteiger charge is 2.43. The molecule has 3 rings (SSSR count). The molecule has 2 saturated heterocycles. The summed E-state index contributed by atoms with van der Waals surface area (Å²) in [6, 6.07) is 8.31. The molecule has 1 amide bonds. The second-order valence-corrected chi connectivity index (χ2v) is 10.2. The summed E-state index contributed by atoms with van der Waals surface area (Å²) in [6.45, 7) is 6.39. The first-order valence-electron chi connectivity index (χ1n) is 9.88. The van der Waals surface area contributed by atoms with Crippen LogP contribution in [-0.4, -0.2) is 78.1 Å². The lowest BCUT2D eigenvalue weighted by molar-refractivity contribution is -0.192. The molecule has 2 heterocycles. The molecule has 0 aliphatic carbocycles. The zero-order valence-corrected chi connectivity index (χ0v) is 18.2. The smallest absolute Gasteiger partial charge is 0.475 e. The normalized spacial score (nSPS) is 23.7. The Kier molecular flexibility index (Phi) is 8.09. The SMILES string of the molecule is CC(=O)N1CCS(=O)(=O)[C@@H]2CCN(Cc3ccc(C)cc3)CC[C@@H]21.O=C(O)C(F)(F)F. The fraction of sp³-hybridized carbons (Fsp3) is 0.600. The molecule has 7 nitrogen and oxygen atoms in total. The summed E-state index contributed by atoms with van der Waals surface area (Å²) in [4.78, 5) is 24.9. The van der Waals surface area contributed by atoms with Gasteiger partial charge in [-0.3, -0.25) is 9.69 Å². The number of carboxylic acids is 1. The van der Waals surface area contributed by atoms with Crippen LogP contribution in [0.25, 0.3) is 0 Å². The van der Waals surface area contributed by atoms with E-state index in [0.29, 0.717) is 13.0 Å². The summed E-state index contributed by atoms with van der Waals surface area (Å²) in [5.74, 6) is -2.66. The minimum absolute atomic E-state index is 0.00751. The van der Waals surface area contributed by atoms with E-state index in [-0.39, 0.29) is 17.7 Å². The number of fused-ring (bicyclic) bond motifs is 1. The Morgan fingerprint density at radius 2 is 1.65 bits per heavy atom. The van der Waals surface area contributed by atoms with E-state index in [2.05, 4.69) is 36.1 Å². The number of sulfone groups is 1. The number of benzene rings is 1. The van der Waals surface area contributed by atoms with Crippen molar-refractivity contribution >= 4 is 21.7 Å². The molecule has 0 radical (unpaired) electrons. The van der Waals surface area contributed by atoms with E-state index in [1.54, 1.807) is 11.8 Å². The molecule has 0 spiro atoms. The van der Waals surface area contributed by atoms with Gasteiger partial charge in [0, 0.05) is 32.6 Å². The van der Waals surface area contributed by atoms with E-state index in [4.69, 9.17) is 9.90 Å². The third-order valence-electron chi connectivity index (χ3n) is 5.55. The summed E-state index contributed by atoms with van der Waals surface area (Å²) in [5, 5.41) is 6.72. The Morgan fingerprint density at radius 3 is 2.16 bits per heavy atom. The van der Waals surface area contributed by atoms with Crippen LogP contribution in [0.3, 0.4) is 0 Å². The number of aliphatic carboxylic acids is 1. The predicted octanol–water partition coefficient (Wildman–Crippen LogP) is 2.24. The summed E-state index contributed by atoms with van der Waals surface area (Å²) >= 11 is 0. The van der Waals surface area contributed by atoms with Crippen LogP contribution in [0.4, 0.5) is 13.2 Å². The van der Waals surface area contributed by atoms with E-state index in [0.717, 1.165) is 26.1 Å². The van der Waals surface area contributed by atoms with Gasteiger partial charge in [0.15, 0.2) is 9.84 Å². The highest BCUT2D eigenvalue weighted by atomic mass is 32.2. The third kappa shape index (κ3) is 6.93. The highest BCUT2D eigenvalue weighted by Crippen LogP contribution is 2.28. The molecule has 0 bridgehead atoms. The van der Waals surface area contributed by atoms with Crippen molar-refractivity contribution in [3.05, 3.63) is 35.4 Å². The van der Waals surface area contributed by atoms with Crippen LogP contribution in [0.15, 0.2) is 24.3 Å². The van der Waals surface area contributed by atoms with Gasteiger partial charge in [0.2, 0.25) is 5.91 Å². The van der Waals surface area contributed by atoms with Crippen molar-refractivity contribution in [2.24, 2.45) is 0 Å². The second kappa shape index (κ2) is 9.99. The molecule has 2 atom stereocenters. The molecule has 31 heavy (non-hydrogen) atoms. The molecule has 2 aliphatic heterocycles. The van der Waals surface area contributed by atoms with E-state index in [1.165, 1.54) is 11.1 Å². The first-order valence-corrected chi connectivity index (χ1v) is 11.6. The molecule has 2 fully saturated rings. The van der Waals surface area contributed by atoms with Crippen molar-refractivity contribution in [1.82, 2.24) is 9.80 Å². The fourth-order valence-electron chi connectivity index (χ4n) is 3.93. The number of amides is 1. The minimum Gasteiger partial charge on any atom is -0.475 e. The minimum atomic E-state index is -5.08. The Labute approximate surface area is 179 Å². The molecule has 0 unspecified atom stereocenters. The molecule has 1 aromatic rings. The Balaban J connectivity index is 0.000000423. The lowest BCUT2D eigenvalue weighted by Crippen LogP contribution is -2.56. The van der Waals surface area contributed by atoms with Gasteiger partial charge in [-0.25, -0.2) is 13.2 Å². The standard InChI is InChI=1S/C18H26N2O3S.C2HF3O2/c1-14-3-5-16(6-4-14)13-19-9-7-17-18(8-10-19)24(22,23)12-11-20(17)15(2)21;3-2(4,5)1(6)7/h3-6,17-18H,7-13H2,1-2H3;(H,6,7)/t17-,18+;/m0./s1. The molecular weight excluding hydrogens is 437 g/mol. The first kappa shape index (κ1) is 25.1. The topological polar surface area (TPSA) is 95.0 Å². The second-order valence-electron chi connectivity index (χ2n) is 7.83.